The van der Waals surface area contributed by atoms with E-state index in [1.807, 2.05) is 42.5 Å². The minimum Gasteiger partial charge on any atom is -0.270 e. The Morgan fingerprint density at radius 2 is 1.47 bits per heavy atom. The van der Waals surface area contributed by atoms with Crippen LogP contribution in [0.4, 0.5) is 5.69 Å². The van der Waals surface area contributed by atoms with Crippen LogP contribution in [0.3, 0.4) is 0 Å². The molecule has 0 aliphatic rings. The normalized spacial score (nSPS) is 11.5. The van der Waals surface area contributed by atoms with Crippen molar-refractivity contribution >= 4 is 15.9 Å². The summed E-state index contributed by atoms with van der Waals surface area (Å²) in [6.07, 6.45) is 0. The molecule has 2 aromatic carbocycles. The molecule has 100 valence electrons. The average molecular weight is 276 g/mol. The number of hydrogen-bond acceptors (Lipinski definition) is 2. The van der Waals surface area contributed by atoms with Gasteiger partial charge in [-0.05, 0) is 11.6 Å². The summed E-state index contributed by atoms with van der Waals surface area (Å²) in [5, 5.41) is 0. The van der Waals surface area contributed by atoms with Gasteiger partial charge >= 0.3 is 10.2 Å². The zero-order valence-corrected chi connectivity index (χ0v) is 11.7. The fourth-order valence-corrected chi connectivity index (χ4v) is 2.31. The summed E-state index contributed by atoms with van der Waals surface area (Å²) in [5.74, 6) is 0. The molecule has 4 nitrogen and oxygen atoms in total. The van der Waals surface area contributed by atoms with E-state index >= 15 is 0 Å². The van der Waals surface area contributed by atoms with Crippen molar-refractivity contribution in [2.75, 3.05) is 18.8 Å². The highest BCUT2D eigenvalue weighted by molar-refractivity contribution is 7.90. The molecule has 0 atom stereocenters. The van der Waals surface area contributed by atoms with Crippen LogP contribution in [0.5, 0.6) is 0 Å². The average Bonchev–Trinajstić information content (AvgIpc) is 2.40. The predicted octanol–water partition coefficient (Wildman–Crippen LogP) is 2.57. The molecule has 0 fully saturated rings. The van der Waals surface area contributed by atoms with Crippen molar-refractivity contribution < 1.29 is 8.42 Å². The lowest BCUT2D eigenvalue weighted by Gasteiger charge is -2.16. The molecule has 0 bridgehead atoms. The van der Waals surface area contributed by atoms with Crippen LogP contribution in [0.1, 0.15) is 0 Å². The quantitative estimate of drug-likeness (QED) is 0.933. The van der Waals surface area contributed by atoms with E-state index < -0.39 is 10.2 Å². The topological polar surface area (TPSA) is 49.4 Å². The van der Waals surface area contributed by atoms with Gasteiger partial charge in [-0.2, -0.15) is 12.7 Å². The molecule has 19 heavy (non-hydrogen) atoms. The van der Waals surface area contributed by atoms with Gasteiger partial charge in [-0.3, -0.25) is 4.72 Å². The van der Waals surface area contributed by atoms with Gasteiger partial charge in [0.1, 0.15) is 0 Å². The molecule has 0 unspecified atom stereocenters. The highest BCUT2D eigenvalue weighted by Crippen LogP contribution is 2.28. The molecule has 5 heteroatoms. The van der Waals surface area contributed by atoms with Crippen LogP contribution >= 0.6 is 0 Å². The molecule has 1 N–H and O–H groups in total. The lowest BCUT2D eigenvalue weighted by Crippen LogP contribution is -2.29. The molecule has 0 spiro atoms. The van der Waals surface area contributed by atoms with Crippen LogP contribution in [0.2, 0.25) is 0 Å². The summed E-state index contributed by atoms with van der Waals surface area (Å²) in [4.78, 5) is 0. The minimum atomic E-state index is -3.50. The first kappa shape index (κ1) is 13.6. The van der Waals surface area contributed by atoms with Crippen molar-refractivity contribution in [1.82, 2.24) is 4.31 Å². The van der Waals surface area contributed by atoms with Crippen LogP contribution in [0.15, 0.2) is 54.6 Å². The molecule has 0 aliphatic heterocycles. The lowest BCUT2D eigenvalue weighted by atomic mass is 10.0. The Kier molecular flexibility index (Phi) is 3.87. The van der Waals surface area contributed by atoms with Crippen molar-refractivity contribution in [3.63, 3.8) is 0 Å². The maximum absolute atomic E-state index is 11.9. The van der Waals surface area contributed by atoms with Crippen molar-refractivity contribution in [3.8, 4) is 11.1 Å². The number of rotatable bonds is 4. The van der Waals surface area contributed by atoms with Gasteiger partial charge in [-0.1, -0.05) is 48.5 Å². The summed E-state index contributed by atoms with van der Waals surface area (Å²) in [6.45, 7) is 0. The minimum absolute atomic E-state index is 0.572. The Bertz CT molecular complexity index is 652. The fourth-order valence-electron chi connectivity index (χ4n) is 1.67. The van der Waals surface area contributed by atoms with Crippen LogP contribution in [-0.2, 0) is 10.2 Å². The third-order valence-corrected chi connectivity index (χ3v) is 4.17. The zero-order chi connectivity index (χ0) is 13.9. The Hall–Kier alpha value is -1.85. The predicted molar refractivity (Wildman–Crippen MR) is 78.1 cm³/mol. The van der Waals surface area contributed by atoms with Crippen molar-refractivity contribution in [1.29, 1.82) is 0 Å². The molecular formula is C14H16N2O2S. The second-order valence-corrected chi connectivity index (χ2v) is 6.19. The Labute approximate surface area is 113 Å². The highest BCUT2D eigenvalue weighted by atomic mass is 32.2. The van der Waals surface area contributed by atoms with Gasteiger partial charge in [0.2, 0.25) is 0 Å². The van der Waals surface area contributed by atoms with Crippen LogP contribution in [0.25, 0.3) is 11.1 Å². The molecule has 0 radical (unpaired) electrons. The van der Waals surface area contributed by atoms with Gasteiger partial charge in [-0.15, -0.1) is 0 Å². The summed E-state index contributed by atoms with van der Waals surface area (Å²) < 4.78 is 27.5. The molecule has 2 aromatic rings. The van der Waals surface area contributed by atoms with Gasteiger partial charge < -0.3 is 0 Å². The maximum Gasteiger partial charge on any atom is 0.301 e. The van der Waals surface area contributed by atoms with E-state index in [2.05, 4.69) is 4.72 Å². The second-order valence-electron chi connectivity index (χ2n) is 4.30. The number of nitrogens with one attached hydrogen (secondary N) is 1. The van der Waals surface area contributed by atoms with E-state index in [0.29, 0.717) is 5.69 Å². The van der Waals surface area contributed by atoms with E-state index in [1.165, 1.54) is 14.1 Å². The van der Waals surface area contributed by atoms with E-state index in [4.69, 9.17) is 0 Å². The van der Waals surface area contributed by atoms with E-state index in [1.54, 1.807) is 12.1 Å². The van der Waals surface area contributed by atoms with Crippen molar-refractivity contribution in [3.05, 3.63) is 54.6 Å². The summed E-state index contributed by atoms with van der Waals surface area (Å²) in [6, 6.07) is 17.0. The lowest BCUT2D eigenvalue weighted by molar-refractivity contribution is 0.527. The SMILES string of the molecule is CN(C)S(=O)(=O)Nc1ccccc1-c1ccccc1. The Morgan fingerprint density at radius 3 is 2.11 bits per heavy atom. The number of hydrogen-bond donors (Lipinski definition) is 1. The third-order valence-electron chi connectivity index (χ3n) is 2.73. The van der Waals surface area contributed by atoms with Gasteiger partial charge in [0.15, 0.2) is 0 Å². The molecular weight excluding hydrogens is 260 g/mol. The summed E-state index contributed by atoms with van der Waals surface area (Å²) in [5.41, 5.74) is 2.40. The molecule has 0 aliphatic carbocycles. The van der Waals surface area contributed by atoms with Crippen molar-refractivity contribution in [2.45, 2.75) is 0 Å². The van der Waals surface area contributed by atoms with Gasteiger partial charge in [0.05, 0.1) is 5.69 Å². The molecule has 0 aromatic heterocycles. The largest absolute Gasteiger partial charge is 0.301 e. The number of benzene rings is 2. The van der Waals surface area contributed by atoms with Crippen molar-refractivity contribution in [2.24, 2.45) is 0 Å². The molecule has 0 saturated heterocycles. The van der Waals surface area contributed by atoms with E-state index in [-0.39, 0.29) is 0 Å². The molecule has 2 rings (SSSR count). The molecule has 0 heterocycles. The molecule has 0 saturated carbocycles. The molecule has 0 amide bonds. The second kappa shape index (κ2) is 5.42. The van der Waals surface area contributed by atoms with E-state index in [9.17, 15) is 8.42 Å². The summed E-state index contributed by atoms with van der Waals surface area (Å²) in [7, 11) is -0.511. The smallest absolute Gasteiger partial charge is 0.270 e. The first-order valence-electron chi connectivity index (χ1n) is 5.85. The first-order valence-corrected chi connectivity index (χ1v) is 7.29. The van der Waals surface area contributed by atoms with Crippen LogP contribution < -0.4 is 4.72 Å². The van der Waals surface area contributed by atoms with Crippen LogP contribution in [0, 0.1) is 0 Å². The maximum atomic E-state index is 11.9. The first-order chi connectivity index (χ1) is 9.00. The fraction of sp³-hybridized carbons (Fsp3) is 0.143. The Balaban J connectivity index is 2.44. The summed E-state index contributed by atoms with van der Waals surface area (Å²) >= 11 is 0. The number of anilines is 1. The van der Waals surface area contributed by atoms with Gasteiger partial charge in [0.25, 0.3) is 0 Å². The number of para-hydroxylation sites is 1. The van der Waals surface area contributed by atoms with Gasteiger partial charge in [-0.25, -0.2) is 0 Å². The van der Waals surface area contributed by atoms with Gasteiger partial charge in [0, 0.05) is 19.7 Å². The third kappa shape index (κ3) is 3.13. The standard InChI is InChI=1S/C14H16N2O2S/c1-16(2)19(17,18)15-14-11-7-6-10-13(14)12-8-4-3-5-9-12/h3-11,15H,1-2H3. The monoisotopic (exact) mass is 276 g/mol. The van der Waals surface area contributed by atoms with Crippen LogP contribution in [-0.4, -0.2) is 26.8 Å². The van der Waals surface area contributed by atoms with E-state index in [0.717, 1.165) is 15.4 Å². The Morgan fingerprint density at radius 1 is 0.895 bits per heavy atom. The highest BCUT2D eigenvalue weighted by Gasteiger charge is 2.15. The number of nitrogens with zero attached hydrogens (tertiary/aromatic N) is 1. The zero-order valence-electron chi connectivity index (χ0n) is 10.9.